The molecule has 0 aromatic heterocycles. The molecule has 1 saturated heterocycles. The van der Waals surface area contributed by atoms with Crippen LogP contribution >= 0.6 is 0 Å². The van der Waals surface area contributed by atoms with Crippen molar-refractivity contribution < 1.29 is 22.7 Å². The van der Waals surface area contributed by atoms with Gasteiger partial charge in [0.15, 0.2) is 0 Å². The number of nitrogens with two attached hydrogens (primary N) is 1. The number of nitrogens with one attached hydrogen (secondary N) is 1. The Morgan fingerprint density at radius 3 is 2.61 bits per heavy atom. The summed E-state index contributed by atoms with van der Waals surface area (Å²) in [6, 6.07) is 5.34. The van der Waals surface area contributed by atoms with E-state index in [1.807, 2.05) is 0 Å². The van der Waals surface area contributed by atoms with Gasteiger partial charge in [-0.15, -0.1) is 0 Å². The van der Waals surface area contributed by atoms with Crippen LogP contribution in [0.5, 0.6) is 0 Å². The summed E-state index contributed by atoms with van der Waals surface area (Å²) in [5, 5.41) is 2.80. The van der Waals surface area contributed by atoms with Crippen LogP contribution < -0.4 is 11.1 Å². The monoisotopic (exact) mass is 330 g/mol. The molecule has 1 amide bonds. The average Bonchev–Trinajstić information content (AvgIpc) is 2.53. The van der Waals surface area contributed by atoms with Crippen LogP contribution in [0.4, 0.5) is 13.2 Å². The van der Waals surface area contributed by atoms with Crippen LogP contribution in [0.15, 0.2) is 24.3 Å². The summed E-state index contributed by atoms with van der Waals surface area (Å²) in [5.41, 5.74) is 4.72. The predicted octanol–water partition coefficient (Wildman–Crippen LogP) is 2.22. The quantitative estimate of drug-likeness (QED) is 0.870. The summed E-state index contributed by atoms with van der Waals surface area (Å²) >= 11 is 0. The number of amides is 1. The molecule has 1 fully saturated rings. The first-order valence-electron chi connectivity index (χ1n) is 7.60. The minimum atomic E-state index is -4.38. The second-order valence-corrected chi connectivity index (χ2v) is 5.79. The molecule has 23 heavy (non-hydrogen) atoms. The molecule has 0 atom stereocenters. The molecule has 3 N–H and O–H groups in total. The molecule has 7 heteroatoms. The highest BCUT2D eigenvalue weighted by Crippen LogP contribution is 2.37. The Bertz CT molecular complexity index is 540. The van der Waals surface area contributed by atoms with Gasteiger partial charge in [0.2, 0.25) is 5.91 Å². The Morgan fingerprint density at radius 2 is 2.00 bits per heavy atom. The maximum absolute atomic E-state index is 13.0. The smallest absolute Gasteiger partial charge is 0.381 e. The fourth-order valence-electron chi connectivity index (χ4n) is 2.84. The molecule has 0 radical (unpaired) electrons. The number of benzene rings is 1. The van der Waals surface area contributed by atoms with Crippen LogP contribution in [0, 0.1) is 0 Å². The van der Waals surface area contributed by atoms with Gasteiger partial charge >= 0.3 is 6.18 Å². The molecule has 1 aliphatic heterocycles. The molecular weight excluding hydrogens is 309 g/mol. The minimum Gasteiger partial charge on any atom is -0.381 e. The fourth-order valence-corrected chi connectivity index (χ4v) is 2.84. The van der Waals surface area contributed by atoms with Gasteiger partial charge in [-0.25, -0.2) is 0 Å². The summed E-state index contributed by atoms with van der Waals surface area (Å²) < 4.78 is 44.2. The zero-order valence-corrected chi connectivity index (χ0v) is 12.8. The van der Waals surface area contributed by atoms with E-state index in [2.05, 4.69) is 5.32 Å². The van der Waals surface area contributed by atoms with Gasteiger partial charge in [-0.3, -0.25) is 4.79 Å². The normalized spacial score (nSPS) is 17.7. The zero-order chi connectivity index (χ0) is 16.9. The molecule has 4 nitrogen and oxygen atoms in total. The van der Waals surface area contributed by atoms with Crippen LogP contribution in [0.25, 0.3) is 0 Å². The molecule has 1 aromatic carbocycles. The first kappa shape index (κ1) is 17.7. The molecule has 0 spiro atoms. The van der Waals surface area contributed by atoms with Crippen LogP contribution in [0.1, 0.15) is 30.4 Å². The van der Waals surface area contributed by atoms with Crippen molar-refractivity contribution in [2.24, 2.45) is 5.73 Å². The fraction of sp³-hybridized carbons (Fsp3) is 0.562. The molecule has 0 saturated carbocycles. The third kappa shape index (κ3) is 4.45. The number of hydrogen-bond acceptors (Lipinski definition) is 3. The van der Waals surface area contributed by atoms with Gasteiger partial charge in [0.05, 0.1) is 5.56 Å². The third-order valence-corrected chi connectivity index (χ3v) is 4.25. The lowest BCUT2D eigenvalue weighted by atomic mass is 9.73. The number of halogens is 3. The molecule has 1 aliphatic rings. The van der Waals surface area contributed by atoms with Gasteiger partial charge in [-0.2, -0.15) is 13.2 Å². The highest BCUT2D eigenvalue weighted by atomic mass is 19.4. The van der Waals surface area contributed by atoms with Crippen LogP contribution in [0.3, 0.4) is 0 Å². The Hall–Kier alpha value is -1.60. The summed E-state index contributed by atoms with van der Waals surface area (Å²) in [6.07, 6.45) is -3.05. The minimum absolute atomic E-state index is 0.189. The predicted molar refractivity (Wildman–Crippen MR) is 79.9 cm³/mol. The number of hydrogen-bond donors (Lipinski definition) is 2. The number of rotatable bonds is 5. The first-order chi connectivity index (χ1) is 10.9. The van der Waals surface area contributed by atoms with Gasteiger partial charge in [0.1, 0.15) is 0 Å². The summed E-state index contributed by atoms with van der Waals surface area (Å²) in [4.78, 5) is 11.7. The molecule has 0 bridgehead atoms. The van der Waals surface area contributed by atoms with E-state index in [0.717, 1.165) is 6.07 Å². The van der Waals surface area contributed by atoms with Crippen molar-refractivity contribution in [1.82, 2.24) is 5.32 Å². The van der Waals surface area contributed by atoms with E-state index < -0.39 is 17.2 Å². The molecule has 1 aromatic rings. The first-order valence-corrected chi connectivity index (χ1v) is 7.60. The highest BCUT2D eigenvalue weighted by Gasteiger charge is 2.37. The van der Waals surface area contributed by atoms with E-state index in [4.69, 9.17) is 10.5 Å². The van der Waals surface area contributed by atoms with Crippen molar-refractivity contribution in [2.75, 3.05) is 26.3 Å². The SMILES string of the molecule is NCCC(=O)NCC1(c2cccc(C(F)(F)F)c2)CCOCC1. The Balaban J connectivity index is 2.25. The van der Waals surface area contributed by atoms with Crippen molar-refractivity contribution in [2.45, 2.75) is 30.9 Å². The van der Waals surface area contributed by atoms with Gasteiger partial charge in [0, 0.05) is 38.1 Å². The van der Waals surface area contributed by atoms with Gasteiger partial charge < -0.3 is 15.8 Å². The number of alkyl halides is 3. The Kier molecular flexibility index (Phi) is 5.64. The van der Waals surface area contributed by atoms with Gasteiger partial charge in [0.25, 0.3) is 0 Å². The lowest BCUT2D eigenvalue weighted by Gasteiger charge is -2.38. The van der Waals surface area contributed by atoms with Crippen LogP contribution in [0.2, 0.25) is 0 Å². The lowest BCUT2D eigenvalue weighted by Crippen LogP contribution is -2.45. The largest absolute Gasteiger partial charge is 0.416 e. The molecule has 2 rings (SSSR count). The van der Waals surface area contributed by atoms with E-state index in [1.165, 1.54) is 12.1 Å². The van der Waals surface area contributed by atoms with E-state index in [0.29, 0.717) is 31.6 Å². The molecule has 128 valence electrons. The molecule has 1 heterocycles. The summed E-state index contributed by atoms with van der Waals surface area (Å²) in [6.45, 7) is 1.45. The standard InChI is InChI=1S/C16H21F3N2O2/c17-16(18,19)13-3-1-2-12(10-13)15(5-8-23-9-6-15)11-21-14(22)4-7-20/h1-3,10H,4-9,11,20H2,(H,21,22). The number of carbonyl (C=O) groups is 1. The van der Waals surface area contributed by atoms with Gasteiger partial charge in [-0.05, 0) is 24.5 Å². The second-order valence-electron chi connectivity index (χ2n) is 5.79. The lowest BCUT2D eigenvalue weighted by molar-refractivity contribution is -0.137. The second kappa shape index (κ2) is 7.31. The van der Waals surface area contributed by atoms with Crippen molar-refractivity contribution in [3.63, 3.8) is 0 Å². The van der Waals surface area contributed by atoms with Crippen molar-refractivity contribution in [3.8, 4) is 0 Å². The van der Waals surface area contributed by atoms with E-state index >= 15 is 0 Å². The average molecular weight is 330 g/mol. The van der Waals surface area contributed by atoms with Crippen molar-refractivity contribution >= 4 is 5.91 Å². The molecule has 0 aliphatic carbocycles. The van der Waals surface area contributed by atoms with E-state index in [1.54, 1.807) is 6.07 Å². The maximum atomic E-state index is 13.0. The highest BCUT2D eigenvalue weighted by molar-refractivity contribution is 5.76. The molecular formula is C16H21F3N2O2. The van der Waals surface area contributed by atoms with Crippen molar-refractivity contribution in [3.05, 3.63) is 35.4 Å². The zero-order valence-electron chi connectivity index (χ0n) is 12.8. The summed E-state index contributed by atoms with van der Waals surface area (Å²) in [5.74, 6) is -0.189. The van der Waals surface area contributed by atoms with Crippen molar-refractivity contribution in [1.29, 1.82) is 0 Å². The number of carbonyl (C=O) groups excluding carboxylic acids is 1. The summed E-state index contributed by atoms with van der Waals surface area (Å²) in [7, 11) is 0. The van der Waals surface area contributed by atoms with Gasteiger partial charge in [-0.1, -0.05) is 18.2 Å². The third-order valence-electron chi connectivity index (χ3n) is 4.25. The maximum Gasteiger partial charge on any atom is 0.416 e. The molecule has 0 unspecified atom stereocenters. The van der Waals surface area contributed by atoms with Crippen LogP contribution in [-0.4, -0.2) is 32.2 Å². The Morgan fingerprint density at radius 1 is 1.30 bits per heavy atom. The van der Waals surface area contributed by atoms with Crippen LogP contribution in [-0.2, 0) is 21.1 Å². The Labute approximate surface area is 133 Å². The van der Waals surface area contributed by atoms with E-state index in [-0.39, 0.29) is 25.4 Å². The topological polar surface area (TPSA) is 64.4 Å². The number of ether oxygens (including phenoxy) is 1. The van der Waals surface area contributed by atoms with E-state index in [9.17, 15) is 18.0 Å².